The Morgan fingerprint density at radius 1 is 1.00 bits per heavy atom. The average molecular weight is 310 g/mol. The highest BCUT2D eigenvalue weighted by molar-refractivity contribution is 5.55. The molecule has 1 aromatic heterocycles. The smallest absolute Gasteiger partial charge is 0.137 e. The summed E-state index contributed by atoms with van der Waals surface area (Å²) in [5.41, 5.74) is 2.25. The van der Waals surface area contributed by atoms with Gasteiger partial charge in [-0.2, -0.15) is 0 Å². The lowest BCUT2D eigenvalue weighted by molar-refractivity contribution is 0.215. The fraction of sp³-hybridized carbons (Fsp3) is 0.167. The largest absolute Gasteiger partial charge is 0.497 e. The van der Waals surface area contributed by atoms with E-state index in [-0.39, 0.29) is 0 Å². The fourth-order valence-electron chi connectivity index (χ4n) is 2.38. The molecule has 5 heteroatoms. The van der Waals surface area contributed by atoms with Crippen molar-refractivity contribution in [1.82, 2.24) is 9.97 Å². The Morgan fingerprint density at radius 2 is 1.65 bits per heavy atom. The number of hydrogen-bond acceptors (Lipinski definition) is 4. The molecule has 2 aromatic carbocycles. The van der Waals surface area contributed by atoms with Gasteiger partial charge in [0, 0.05) is 11.6 Å². The van der Waals surface area contributed by atoms with Crippen LogP contribution in [0.5, 0.6) is 11.5 Å². The Hall–Kier alpha value is -2.79. The van der Waals surface area contributed by atoms with Crippen molar-refractivity contribution in [2.75, 3.05) is 14.2 Å². The molecule has 0 saturated heterocycles. The quantitative estimate of drug-likeness (QED) is 0.759. The maximum Gasteiger partial charge on any atom is 0.137 e. The van der Waals surface area contributed by atoms with E-state index in [0.717, 1.165) is 11.4 Å². The van der Waals surface area contributed by atoms with E-state index >= 15 is 0 Å². The van der Waals surface area contributed by atoms with Crippen molar-refractivity contribution >= 4 is 0 Å². The van der Waals surface area contributed by atoms with E-state index in [0.29, 0.717) is 22.8 Å². The Bertz CT molecular complexity index is 762. The van der Waals surface area contributed by atoms with Gasteiger partial charge >= 0.3 is 0 Å². The number of imidazole rings is 1. The molecule has 0 aliphatic carbocycles. The summed E-state index contributed by atoms with van der Waals surface area (Å²) in [7, 11) is 3.16. The zero-order valence-corrected chi connectivity index (χ0v) is 13.0. The van der Waals surface area contributed by atoms with Gasteiger partial charge in [0.2, 0.25) is 0 Å². The molecule has 1 unspecified atom stereocenters. The lowest BCUT2D eigenvalue weighted by Crippen LogP contribution is -2.01. The molecule has 0 fully saturated rings. The molecular formula is C18H18N2O3. The summed E-state index contributed by atoms with van der Waals surface area (Å²) in [5, 5.41) is 10.6. The maximum absolute atomic E-state index is 10.6. The monoisotopic (exact) mass is 310 g/mol. The Balaban J connectivity index is 1.92. The van der Waals surface area contributed by atoms with E-state index in [1.54, 1.807) is 38.6 Å². The van der Waals surface area contributed by atoms with Crippen LogP contribution in [0.25, 0.3) is 11.4 Å². The van der Waals surface area contributed by atoms with Gasteiger partial charge in [-0.3, -0.25) is 0 Å². The Labute approximate surface area is 134 Å². The van der Waals surface area contributed by atoms with Crippen LogP contribution in [0.15, 0.2) is 54.7 Å². The lowest BCUT2D eigenvalue weighted by Gasteiger charge is -2.12. The van der Waals surface area contributed by atoms with Crippen molar-refractivity contribution in [3.8, 4) is 22.9 Å². The van der Waals surface area contributed by atoms with Crippen LogP contribution >= 0.6 is 0 Å². The van der Waals surface area contributed by atoms with Crippen molar-refractivity contribution < 1.29 is 14.6 Å². The van der Waals surface area contributed by atoms with Gasteiger partial charge in [-0.05, 0) is 17.7 Å². The first kappa shape index (κ1) is 15.1. The maximum atomic E-state index is 10.6. The number of nitrogens with zero attached hydrogens (tertiary/aromatic N) is 1. The fourth-order valence-corrected chi connectivity index (χ4v) is 2.38. The van der Waals surface area contributed by atoms with Gasteiger partial charge in [0.05, 0.1) is 26.1 Å². The number of H-pyrrole nitrogens is 1. The van der Waals surface area contributed by atoms with Gasteiger partial charge in [0.15, 0.2) is 0 Å². The first-order chi connectivity index (χ1) is 11.2. The highest BCUT2D eigenvalue weighted by Crippen LogP contribution is 2.30. The molecule has 0 radical (unpaired) electrons. The summed E-state index contributed by atoms with van der Waals surface area (Å²) in [6.07, 6.45) is 0.794. The summed E-state index contributed by atoms with van der Waals surface area (Å²) < 4.78 is 10.5. The van der Waals surface area contributed by atoms with Crippen molar-refractivity contribution in [2.24, 2.45) is 0 Å². The summed E-state index contributed by atoms with van der Waals surface area (Å²) in [6.45, 7) is 0. The first-order valence-electron chi connectivity index (χ1n) is 7.22. The molecule has 1 atom stereocenters. The number of ether oxygens (including phenoxy) is 2. The van der Waals surface area contributed by atoms with Gasteiger partial charge in [0.1, 0.15) is 23.4 Å². The predicted molar refractivity (Wildman–Crippen MR) is 87.6 cm³/mol. The number of benzene rings is 2. The minimum absolute atomic E-state index is 0.610. The normalized spacial score (nSPS) is 12.0. The van der Waals surface area contributed by atoms with Crippen LogP contribution in [0.4, 0.5) is 0 Å². The highest BCUT2D eigenvalue weighted by atomic mass is 16.5. The molecule has 0 aliphatic heterocycles. The van der Waals surface area contributed by atoms with Crippen LogP contribution in [-0.2, 0) is 0 Å². The third kappa shape index (κ3) is 3.19. The summed E-state index contributed by atoms with van der Waals surface area (Å²) in [6, 6.07) is 15.1. The van der Waals surface area contributed by atoms with Crippen LogP contribution in [0.2, 0.25) is 0 Å². The number of aromatic nitrogens is 2. The third-order valence-electron chi connectivity index (χ3n) is 3.63. The van der Waals surface area contributed by atoms with Crippen molar-refractivity contribution in [3.63, 3.8) is 0 Å². The SMILES string of the molecule is COc1cc(OC)cc(C(O)c2cnc(-c3ccccc3)[nH]2)c1. The van der Waals surface area contributed by atoms with Crippen molar-refractivity contribution in [2.45, 2.75) is 6.10 Å². The van der Waals surface area contributed by atoms with Crippen LogP contribution in [0, 0.1) is 0 Å². The molecule has 3 aromatic rings. The average Bonchev–Trinajstić information content (AvgIpc) is 3.11. The van der Waals surface area contributed by atoms with Crippen molar-refractivity contribution in [3.05, 3.63) is 66.0 Å². The molecule has 5 nitrogen and oxygen atoms in total. The zero-order valence-electron chi connectivity index (χ0n) is 13.0. The second kappa shape index (κ2) is 6.54. The second-order valence-corrected chi connectivity index (χ2v) is 5.10. The van der Waals surface area contributed by atoms with E-state index in [4.69, 9.17) is 9.47 Å². The molecule has 0 aliphatic rings. The topological polar surface area (TPSA) is 67.4 Å². The summed E-state index contributed by atoms with van der Waals surface area (Å²) in [5.74, 6) is 1.97. The molecule has 118 valence electrons. The van der Waals surface area contributed by atoms with Crippen LogP contribution < -0.4 is 9.47 Å². The Morgan fingerprint density at radius 3 is 2.26 bits per heavy atom. The van der Waals surface area contributed by atoms with Gasteiger partial charge in [0.25, 0.3) is 0 Å². The van der Waals surface area contributed by atoms with Gasteiger partial charge in [-0.25, -0.2) is 4.98 Å². The molecule has 0 bridgehead atoms. The Kier molecular flexibility index (Phi) is 4.30. The lowest BCUT2D eigenvalue weighted by atomic mass is 10.1. The molecule has 23 heavy (non-hydrogen) atoms. The molecule has 3 rings (SSSR count). The molecule has 1 heterocycles. The number of aliphatic hydroxyl groups excluding tert-OH is 1. The molecule has 0 saturated carbocycles. The standard InChI is InChI=1S/C18H18N2O3/c1-22-14-8-13(9-15(10-14)23-2)17(21)16-11-19-18(20-16)12-6-4-3-5-7-12/h3-11,17,21H,1-2H3,(H,19,20). The second-order valence-electron chi connectivity index (χ2n) is 5.10. The van der Waals surface area contributed by atoms with Gasteiger partial charge in [-0.15, -0.1) is 0 Å². The zero-order chi connectivity index (χ0) is 16.2. The van der Waals surface area contributed by atoms with Gasteiger partial charge < -0.3 is 19.6 Å². The minimum Gasteiger partial charge on any atom is -0.497 e. The third-order valence-corrected chi connectivity index (χ3v) is 3.63. The van der Waals surface area contributed by atoms with Crippen LogP contribution in [-0.4, -0.2) is 29.3 Å². The summed E-state index contributed by atoms with van der Waals surface area (Å²) >= 11 is 0. The number of nitrogens with one attached hydrogen (secondary N) is 1. The van der Waals surface area contributed by atoms with E-state index in [1.807, 2.05) is 30.3 Å². The molecule has 0 amide bonds. The predicted octanol–water partition coefficient (Wildman–Crippen LogP) is 3.18. The molecule has 2 N–H and O–H groups in total. The van der Waals surface area contributed by atoms with E-state index < -0.39 is 6.10 Å². The number of aliphatic hydroxyl groups is 1. The van der Waals surface area contributed by atoms with E-state index in [1.165, 1.54) is 0 Å². The summed E-state index contributed by atoms with van der Waals surface area (Å²) in [4.78, 5) is 7.50. The van der Waals surface area contributed by atoms with E-state index in [2.05, 4.69) is 9.97 Å². The number of hydrogen-bond donors (Lipinski definition) is 2. The van der Waals surface area contributed by atoms with Crippen LogP contribution in [0.3, 0.4) is 0 Å². The number of aromatic amines is 1. The highest BCUT2D eigenvalue weighted by Gasteiger charge is 2.16. The first-order valence-corrected chi connectivity index (χ1v) is 7.22. The minimum atomic E-state index is -0.844. The number of methoxy groups -OCH3 is 2. The van der Waals surface area contributed by atoms with Crippen molar-refractivity contribution in [1.29, 1.82) is 0 Å². The molecule has 0 spiro atoms. The van der Waals surface area contributed by atoms with Crippen LogP contribution in [0.1, 0.15) is 17.4 Å². The van der Waals surface area contributed by atoms with E-state index in [9.17, 15) is 5.11 Å². The number of rotatable bonds is 5. The van der Waals surface area contributed by atoms with Gasteiger partial charge in [-0.1, -0.05) is 30.3 Å². The molecular weight excluding hydrogens is 292 g/mol.